The Morgan fingerprint density at radius 3 is 2.53 bits per heavy atom. The summed E-state index contributed by atoms with van der Waals surface area (Å²) in [6.07, 6.45) is -5.00. The number of aromatic nitrogens is 1. The Balaban J connectivity index is 3.35. The number of methoxy groups -OCH3 is 1. The fraction of sp³-hybridized carbons (Fsp3) is 0.250. The van der Waals surface area contributed by atoms with E-state index in [1.54, 1.807) is 0 Å². The van der Waals surface area contributed by atoms with E-state index in [1.165, 1.54) is 22.6 Å². The number of ether oxygens (including phenoxy) is 2. The van der Waals surface area contributed by atoms with Gasteiger partial charge in [0.15, 0.2) is 5.75 Å². The second-order valence-electron chi connectivity index (χ2n) is 2.73. The highest BCUT2D eigenvalue weighted by atomic mass is 127. The molecule has 5 nitrogen and oxygen atoms in total. The van der Waals surface area contributed by atoms with Crippen LogP contribution < -0.4 is 10.3 Å². The SMILES string of the molecule is COC(=O)c1c(OC(F)(F)F)cc(=O)[nH]c1I. The largest absolute Gasteiger partial charge is 0.573 e. The molecule has 0 aliphatic carbocycles. The summed E-state index contributed by atoms with van der Waals surface area (Å²) < 4.78 is 44.0. The predicted molar refractivity (Wildman–Crippen MR) is 57.8 cm³/mol. The highest BCUT2D eigenvalue weighted by Crippen LogP contribution is 2.27. The molecule has 9 heteroatoms. The summed E-state index contributed by atoms with van der Waals surface area (Å²) in [5, 5.41) is 0. The highest BCUT2D eigenvalue weighted by Gasteiger charge is 2.34. The molecule has 0 atom stereocenters. The standard InChI is InChI=1S/C8H5F3INO4/c1-16-7(15)5-3(17-8(9,10)11)2-4(14)13-6(5)12/h2H,1H3,(H,13,14). The monoisotopic (exact) mass is 363 g/mol. The molecule has 1 aromatic heterocycles. The molecule has 0 aliphatic rings. The minimum absolute atomic E-state index is 0.0961. The molecular weight excluding hydrogens is 358 g/mol. The fourth-order valence-corrected chi connectivity index (χ4v) is 1.76. The van der Waals surface area contributed by atoms with Crippen molar-refractivity contribution in [2.24, 2.45) is 0 Å². The number of carbonyl (C=O) groups excluding carboxylic acids is 1. The van der Waals surface area contributed by atoms with E-state index in [-0.39, 0.29) is 3.70 Å². The first kappa shape index (κ1) is 13.8. The number of rotatable bonds is 2. The number of hydrogen-bond acceptors (Lipinski definition) is 4. The van der Waals surface area contributed by atoms with Crippen molar-refractivity contribution < 1.29 is 27.4 Å². The van der Waals surface area contributed by atoms with Gasteiger partial charge in [-0.05, 0) is 22.6 Å². The Kier molecular flexibility index (Phi) is 4.01. The smallest absolute Gasteiger partial charge is 0.465 e. The van der Waals surface area contributed by atoms with Gasteiger partial charge in [0.05, 0.1) is 10.8 Å². The van der Waals surface area contributed by atoms with Gasteiger partial charge in [-0.3, -0.25) is 4.79 Å². The van der Waals surface area contributed by atoms with Crippen LogP contribution in [-0.4, -0.2) is 24.4 Å². The third-order valence-corrected chi connectivity index (χ3v) is 2.39. The fourth-order valence-electron chi connectivity index (χ4n) is 1.00. The number of esters is 1. The second-order valence-corrected chi connectivity index (χ2v) is 3.80. The second kappa shape index (κ2) is 4.94. The van der Waals surface area contributed by atoms with E-state index < -0.39 is 29.2 Å². The summed E-state index contributed by atoms with van der Waals surface area (Å²) in [5.41, 5.74) is -1.30. The van der Waals surface area contributed by atoms with E-state index in [0.29, 0.717) is 6.07 Å². The third kappa shape index (κ3) is 3.61. The summed E-state index contributed by atoms with van der Waals surface area (Å²) in [5.74, 6) is -1.93. The van der Waals surface area contributed by atoms with Gasteiger partial charge in [-0.2, -0.15) is 0 Å². The summed E-state index contributed by atoms with van der Waals surface area (Å²) >= 11 is 1.50. The topological polar surface area (TPSA) is 68.4 Å². The van der Waals surface area contributed by atoms with E-state index in [1.807, 2.05) is 0 Å². The summed E-state index contributed by atoms with van der Waals surface area (Å²) in [6, 6.07) is 0.530. The van der Waals surface area contributed by atoms with Crippen molar-refractivity contribution in [3.63, 3.8) is 0 Å². The predicted octanol–water partition coefficient (Wildman–Crippen LogP) is 1.66. The van der Waals surface area contributed by atoms with Crippen LogP contribution >= 0.6 is 22.6 Å². The molecule has 0 fully saturated rings. The minimum Gasteiger partial charge on any atom is -0.465 e. The van der Waals surface area contributed by atoms with E-state index in [2.05, 4.69) is 14.5 Å². The lowest BCUT2D eigenvalue weighted by atomic mass is 10.2. The summed E-state index contributed by atoms with van der Waals surface area (Å²) in [6.45, 7) is 0. The van der Waals surface area contributed by atoms with Gasteiger partial charge in [-0.25, -0.2) is 4.79 Å². The molecule has 1 rings (SSSR count). The van der Waals surface area contributed by atoms with Gasteiger partial charge in [0.2, 0.25) is 0 Å². The first-order chi connectivity index (χ1) is 7.74. The van der Waals surface area contributed by atoms with Crippen molar-refractivity contribution >= 4 is 28.6 Å². The number of aromatic amines is 1. The molecule has 0 saturated heterocycles. The molecule has 0 bridgehead atoms. The van der Waals surface area contributed by atoms with Gasteiger partial charge in [-0.15, -0.1) is 13.2 Å². The van der Waals surface area contributed by atoms with Crippen molar-refractivity contribution in [2.75, 3.05) is 7.11 Å². The molecule has 0 radical (unpaired) electrons. The molecule has 0 saturated carbocycles. The minimum atomic E-state index is -5.00. The number of nitrogens with one attached hydrogen (secondary N) is 1. The molecule has 94 valence electrons. The molecule has 1 heterocycles. The number of hydrogen-bond donors (Lipinski definition) is 1. The zero-order chi connectivity index (χ0) is 13.2. The Labute approximate surface area is 106 Å². The Bertz CT molecular complexity index is 497. The van der Waals surface area contributed by atoms with Crippen molar-refractivity contribution in [1.82, 2.24) is 4.98 Å². The molecular formula is C8H5F3INO4. The van der Waals surface area contributed by atoms with Gasteiger partial charge in [0.1, 0.15) is 5.56 Å². The molecule has 1 aromatic rings. The zero-order valence-corrected chi connectivity index (χ0v) is 10.4. The molecule has 0 aliphatic heterocycles. The number of H-pyrrole nitrogens is 1. The Morgan fingerprint density at radius 2 is 2.06 bits per heavy atom. The van der Waals surface area contributed by atoms with Crippen LogP contribution in [0.25, 0.3) is 0 Å². The lowest BCUT2D eigenvalue weighted by molar-refractivity contribution is -0.274. The normalized spacial score (nSPS) is 11.1. The average molecular weight is 363 g/mol. The number of carbonyl (C=O) groups is 1. The zero-order valence-electron chi connectivity index (χ0n) is 8.22. The van der Waals surface area contributed by atoms with Crippen molar-refractivity contribution in [3.05, 3.63) is 25.7 Å². The van der Waals surface area contributed by atoms with Gasteiger partial charge in [-0.1, -0.05) is 0 Å². The maximum absolute atomic E-state index is 12.1. The van der Waals surface area contributed by atoms with Crippen LogP contribution in [0.4, 0.5) is 13.2 Å². The number of alkyl halides is 3. The molecule has 0 amide bonds. The summed E-state index contributed by atoms with van der Waals surface area (Å²) in [4.78, 5) is 24.4. The number of halogens is 4. The lowest BCUT2D eigenvalue weighted by Crippen LogP contribution is -2.23. The molecule has 17 heavy (non-hydrogen) atoms. The van der Waals surface area contributed by atoms with Crippen LogP contribution in [-0.2, 0) is 4.74 Å². The van der Waals surface area contributed by atoms with E-state index in [0.717, 1.165) is 7.11 Å². The Hall–Kier alpha value is -1.26. The Morgan fingerprint density at radius 1 is 1.47 bits per heavy atom. The maximum atomic E-state index is 12.1. The average Bonchev–Trinajstić information content (AvgIpc) is 2.13. The number of pyridine rings is 1. The van der Waals surface area contributed by atoms with Crippen LogP contribution in [0.3, 0.4) is 0 Å². The van der Waals surface area contributed by atoms with Crippen LogP contribution in [0.2, 0.25) is 0 Å². The quantitative estimate of drug-likeness (QED) is 0.493. The van der Waals surface area contributed by atoms with E-state index >= 15 is 0 Å². The van der Waals surface area contributed by atoms with Gasteiger partial charge in [0, 0.05) is 6.07 Å². The molecule has 0 unspecified atom stereocenters. The lowest BCUT2D eigenvalue weighted by Gasteiger charge is -2.12. The van der Waals surface area contributed by atoms with Crippen molar-refractivity contribution in [2.45, 2.75) is 6.36 Å². The third-order valence-electron chi connectivity index (χ3n) is 1.58. The van der Waals surface area contributed by atoms with Gasteiger partial charge < -0.3 is 14.5 Å². The van der Waals surface area contributed by atoms with Crippen LogP contribution in [0, 0.1) is 3.70 Å². The van der Waals surface area contributed by atoms with E-state index in [4.69, 9.17) is 0 Å². The van der Waals surface area contributed by atoms with Gasteiger partial charge in [0.25, 0.3) is 5.56 Å². The van der Waals surface area contributed by atoms with Crippen LogP contribution in [0.5, 0.6) is 5.75 Å². The first-order valence-corrected chi connectivity index (χ1v) is 5.09. The molecule has 0 aromatic carbocycles. The summed E-state index contributed by atoms with van der Waals surface area (Å²) in [7, 11) is 1.00. The molecule has 1 N–H and O–H groups in total. The highest BCUT2D eigenvalue weighted by molar-refractivity contribution is 14.1. The van der Waals surface area contributed by atoms with Gasteiger partial charge >= 0.3 is 12.3 Å². The first-order valence-electron chi connectivity index (χ1n) is 4.01. The van der Waals surface area contributed by atoms with Crippen molar-refractivity contribution in [1.29, 1.82) is 0 Å². The maximum Gasteiger partial charge on any atom is 0.573 e. The molecule has 0 spiro atoms. The van der Waals surface area contributed by atoms with Crippen LogP contribution in [0.1, 0.15) is 10.4 Å². The van der Waals surface area contributed by atoms with E-state index in [9.17, 15) is 22.8 Å². The van der Waals surface area contributed by atoms with Crippen LogP contribution in [0.15, 0.2) is 10.9 Å². The van der Waals surface area contributed by atoms with Crippen molar-refractivity contribution in [3.8, 4) is 5.75 Å².